The van der Waals surface area contributed by atoms with Crippen LogP contribution in [0.5, 0.6) is 0 Å². The van der Waals surface area contributed by atoms with Crippen molar-refractivity contribution < 1.29 is 19.5 Å². The fourth-order valence-corrected chi connectivity index (χ4v) is 4.70. The number of halogens is 2. The molecule has 1 aliphatic heterocycles. The quantitative estimate of drug-likeness (QED) is 0.291. The predicted molar refractivity (Wildman–Crippen MR) is 133 cm³/mol. The highest BCUT2D eigenvalue weighted by Gasteiger charge is 2.20. The molecule has 2 amide bonds. The molecule has 9 nitrogen and oxygen atoms in total. The lowest BCUT2D eigenvalue weighted by molar-refractivity contribution is -0.137. The molecule has 0 saturated heterocycles. The molecule has 1 unspecified atom stereocenters. The number of guanidine groups is 1. The molecule has 1 atom stereocenters. The van der Waals surface area contributed by atoms with Crippen molar-refractivity contribution >= 4 is 68.0 Å². The van der Waals surface area contributed by atoms with E-state index in [2.05, 4.69) is 64.8 Å². The van der Waals surface area contributed by atoms with Gasteiger partial charge in [-0.3, -0.25) is 19.4 Å². The second-order valence-corrected chi connectivity index (χ2v) is 9.13. The topological polar surface area (TPSA) is 132 Å². The van der Waals surface area contributed by atoms with Gasteiger partial charge in [0.1, 0.15) is 0 Å². The number of aliphatic carboxylic acids is 1. The number of nitrogens with zero attached hydrogens (tertiary/aromatic N) is 1. The molecule has 32 heavy (non-hydrogen) atoms. The van der Waals surface area contributed by atoms with Crippen molar-refractivity contribution in [3.8, 4) is 0 Å². The summed E-state index contributed by atoms with van der Waals surface area (Å²) in [7, 11) is 0. The molecule has 1 aliphatic rings. The Morgan fingerprint density at radius 1 is 1.22 bits per heavy atom. The van der Waals surface area contributed by atoms with Gasteiger partial charge in [0.15, 0.2) is 5.96 Å². The predicted octanol–water partition coefficient (Wildman–Crippen LogP) is 2.49. The van der Waals surface area contributed by atoms with Gasteiger partial charge in [-0.2, -0.15) is 0 Å². The number of carbonyl (C=O) groups excluding carboxylic acids is 2. The van der Waals surface area contributed by atoms with E-state index in [0.717, 1.165) is 14.6 Å². The smallest absolute Gasteiger partial charge is 0.305 e. The Kier molecular flexibility index (Phi) is 8.45. The lowest BCUT2D eigenvalue weighted by Gasteiger charge is -2.18. The minimum absolute atomic E-state index is 0.280. The SMILES string of the molecule is O=C(O)CC(NC(=O)CNC(=O)c1cccc(NC2=NCCN2)c1)c1cc(Br)cc(I)c1. The first kappa shape index (κ1) is 24.0. The molecular formula is C21H21BrIN5O4. The Bertz CT molecular complexity index is 1040. The molecule has 0 fully saturated rings. The van der Waals surface area contributed by atoms with Gasteiger partial charge >= 0.3 is 5.97 Å². The Morgan fingerprint density at radius 2 is 2.03 bits per heavy atom. The fourth-order valence-electron chi connectivity index (χ4n) is 3.07. The molecule has 0 bridgehead atoms. The van der Waals surface area contributed by atoms with E-state index in [4.69, 9.17) is 0 Å². The molecule has 5 N–H and O–H groups in total. The average molecular weight is 614 g/mol. The van der Waals surface area contributed by atoms with Gasteiger partial charge in [-0.05, 0) is 64.6 Å². The van der Waals surface area contributed by atoms with E-state index in [1.807, 2.05) is 12.1 Å². The van der Waals surface area contributed by atoms with Crippen LogP contribution in [0.1, 0.15) is 28.4 Å². The number of amides is 2. The van der Waals surface area contributed by atoms with Crippen molar-refractivity contribution in [2.75, 3.05) is 25.0 Å². The highest BCUT2D eigenvalue weighted by molar-refractivity contribution is 14.1. The molecule has 0 radical (unpaired) electrons. The molecule has 2 aromatic rings. The zero-order valence-electron chi connectivity index (χ0n) is 16.8. The van der Waals surface area contributed by atoms with Crippen LogP contribution in [-0.4, -0.2) is 48.5 Å². The monoisotopic (exact) mass is 613 g/mol. The zero-order chi connectivity index (χ0) is 23.1. The number of anilines is 1. The Labute approximate surface area is 206 Å². The second kappa shape index (κ2) is 11.3. The van der Waals surface area contributed by atoms with Crippen molar-refractivity contribution in [1.82, 2.24) is 16.0 Å². The molecular weight excluding hydrogens is 593 g/mol. The van der Waals surface area contributed by atoms with Crippen LogP contribution < -0.4 is 21.3 Å². The normalized spacial score (nSPS) is 13.5. The number of rotatable bonds is 8. The van der Waals surface area contributed by atoms with Crippen LogP contribution in [0.25, 0.3) is 0 Å². The van der Waals surface area contributed by atoms with Crippen LogP contribution in [-0.2, 0) is 9.59 Å². The maximum Gasteiger partial charge on any atom is 0.305 e. The van der Waals surface area contributed by atoms with Gasteiger partial charge in [0.25, 0.3) is 5.91 Å². The molecule has 3 rings (SSSR count). The Hall–Kier alpha value is -2.67. The summed E-state index contributed by atoms with van der Waals surface area (Å²) in [4.78, 5) is 40.5. The molecule has 0 aliphatic carbocycles. The second-order valence-electron chi connectivity index (χ2n) is 6.97. The average Bonchev–Trinajstić information content (AvgIpc) is 3.23. The van der Waals surface area contributed by atoms with Crippen LogP contribution in [0.4, 0.5) is 5.69 Å². The van der Waals surface area contributed by atoms with Crippen LogP contribution in [0.15, 0.2) is 51.9 Å². The van der Waals surface area contributed by atoms with Crippen LogP contribution in [0.2, 0.25) is 0 Å². The number of benzene rings is 2. The molecule has 0 saturated carbocycles. The summed E-state index contributed by atoms with van der Waals surface area (Å²) < 4.78 is 1.68. The van der Waals surface area contributed by atoms with E-state index in [-0.39, 0.29) is 13.0 Å². The number of hydrogen-bond donors (Lipinski definition) is 5. The molecule has 0 spiro atoms. The van der Waals surface area contributed by atoms with E-state index >= 15 is 0 Å². The third-order valence-corrected chi connectivity index (χ3v) is 5.55. The first-order valence-corrected chi connectivity index (χ1v) is 11.6. The van der Waals surface area contributed by atoms with E-state index in [1.54, 1.807) is 30.3 Å². The summed E-state index contributed by atoms with van der Waals surface area (Å²) in [6.45, 7) is 1.17. The largest absolute Gasteiger partial charge is 0.481 e. The van der Waals surface area contributed by atoms with Crippen LogP contribution >= 0.6 is 38.5 Å². The number of hydrogen-bond acceptors (Lipinski definition) is 6. The first-order valence-electron chi connectivity index (χ1n) is 9.71. The molecule has 168 valence electrons. The zero-order valence-corrected chi connectivity index (χ0v) is 20.6. The van der Waals surface area contributed by atoms with Gasteiger partial charge in [0, 0.05) is 25.8 Å². The van der Waals surface area contributed by atoms with Crippen molar-refractivity contribution in [2.45, 2.75) is 12.5 Å². The number of carboxylic acid groups (broad SMARTS) is 1. The Balaban J connectivity index is 1.59. The first-order chi connectivity index (χ1) is 15.3. The summed E-state index contributed by atoms with van der Waals surface area (Å²) in [5.74, 6) is -1.30. The highest BCUT2D eigenvalue weighted by atomic mass is 127. The number of aliphatic imine (C=N–C) groups is 1. The maximum atomic E-state index is 12.5. The minimum Gasteiger partial charge on any atom is -0.481 e. The molecule has 11 heteroatoms. The van der Waals surface area contributed by atoms with Crippen LogP contribution in [0, 0.1) is 3.57 Å². The van der Waals surface area contributed by atoms with Gasteiger partial charge in [0.2, 0.25) is 5.91 Å². The van der Waals surface area contributed by atoms with E-state index in [0.29, 0.717) is 29.3 Å². The van der Waals surface area contributed by atoms with Gasteiger partial charge in [0.05, 0.1) is 25.6 Å². The summed E-state index contributed by atoms with van der Waals surface area (Å²) in [5, 5.41) is 20.7. The third kappa shape index (κ3) is 7.19. The standard InChI is InChI=1S/C21H21BrIN5O4/c22-14-6-13(7-15(23)9-14)17(10-19(30)31)28-18(29)11-26-20(32)12-2-1-3-16(8-12)27-21-24-4-5-25-21/h1-3,6-9,17H,4-5,10-11H2,(H,26,32)(H,28,29)(H,30,31)(H2,24,25,27). The lowest BCUT2D eigenvalue weighted by Crippen LogP contribution is -2.39. The molecule has 2 aromatic carbocycles. The molecule has 0 aromatic heterocycles. The summed E-state index contributed by atoms with van der Waals surface area (Å²) in [5.41, 5.74) is 1.74. The number of carboxylic acids is 1. The van der Waals surface area contributed by atoms with Crippen molar-refractivity contribution in [1.29, 1.82) is 0 Å². The van der Waals surface area contributed by atoms with Crippen molar-refractivity contribution in [3.63, 3.8) is 0 Å². The summed E-state index contributed by atoms with van der Waals surface area (Å²) >= 11 is 5.50. The minimum atomic E-state index is -1.04. The van der Waals surface area contributed by atoms with Gasteiger partial charge in [-0.1, -0.05) is 22.0 Å². The Morgan fingerprint density at radius 3 is 2.72 bits per heavy atom. The lowest BCUT2D eigenvalue weighted by atomic mass is 10.0. The summed E-state index contributed by atoms with van der Waals surface area (Å²) in [6.07, 6.45) is -0.280. The molecule has 1 heterocycles. The highest BCUT2D eigenvalue weighted by Crippen LogP contribution is 2.24. The summed E-state index contributed by atoms with van der Waals surface area (Å²) in [6, 6.07) is 11.5. The van der Waals surface area contributed by atoms with Gasteiger partial charge in [-0.15, -0.1) is 0 Å². The van der Waals surface area contributed by atoms with Crippen molar-refractivity contribution in [2.24, 2.45) is 4.99 Å². The number of carbonyl (C=O) groups is 3. The van der Waals surface area contributed by atoms with E-state index in [9.17, 15) is 19.5 Å². The van der Waals surface area contributed by atoms with Gasteiger partial charge in [-0.25, -0.2) is 0 Å². The van der Waals surface area contributed by atoms with E-state index in [1.165, 1.54) is 0 Å². The van der Waals surface area contributed by atoms with Gasteiger partial charge < -0.3 is 26.4 Å². The van der Waals surface area contributed by atoms with Crippen LogP contribution in [0.3, 0.4) is 0 Å². The number of nitrogens with one attached hydrogen (secondary N) is 4. The fraction of sp³-hybridized carbons (Fsp3) is 0.238. The van der Waals surface area contributed by atoms with Crippen molar-refractivity contribution in [3.05, 3.63) is 61.6 Å². The van der Waals surface area contributed by atoms with E-state index < -0.39 is 23.8 Å². The maximum absolute atomic E-state index is 12.5. The third-order valence-electron chi connectivity index (χ3n) is 4.47.